The molecule has 12 heavy (non-hydrogen) atoms. The van der Waals surface area contributed by atoms with Gasteiger partial charge in [0.05, 0.1) is 6.10 Å². The van der Waals surface area contributed by atoms with E-state index in [1.807, 2.05) is 0 Å². The van der Waals surface area contributed by atoms with Gasteiger partial charge in [0.1, 0.15) is 0 Å². The Hall–Kier alpha value is -0.0800. The highest BCUT2D eigenvalue weighted by Gasteiger charge is 2.18. The average molecular weight is 171 g/mol. The summed E-state index contributed by atoms with van der Waals surface area (Å²) in [6.45, 7) is 9.99. The van der Waals surface area contributed by atoms with Gasteiger partial charge in [0.25, 0.3) is 0 Å². The lowest BCUT2D eigenvalue weighted by Crippen LogP contribution is -2.36. The van der Waals surface area contributed by atoms with E-state index in [4.69, 9.17) is 4.74 Å². The first-order valence-corrected chi connectivity index (χ1v) is 5.09. The maximum atomic E-state index is 5.69. The van der Waals surface area contributed by atoms with Gasteiger partial charge in [-0.25, -0.2) is 0 Å². The van der Waals surface area contributed by atoms with Crippen LogP contribution in [0.1, 0.15) is 33.6 Å². The monoisotopic (exact) mass is 171 g/mol. The molecule has 1 atom stereocenters. The molecule has 0 radical (unpaired) electrons. The largest absolute Gasteiger partial charge is 0.377 e. The van der Waals surface area contributed by atoms with Gasteiger partial charge in [0.15, 0.2) is 0 Å². The maximum Gasteiger partial charge on any atom is 0.0699 e. The van der Waals surface area contributed by atoms with Crippen molar-refractivity contribution in [3.63, 3.8) is 0 Å². The van der Waals surface area contributed by atoms with Crippen LogP contribution in [-0.4, -0.2) is 36.7 Å². The molecule has 1 saturated heterocycles. The summed E-state index contributed by atoms with van der Waals surface area (Å²) in [6.07, 6.45) is 2.80. The lowest BCUT2D eigenvalue weighted by molar-refractivity contribution is 0.0478. The van der Waals surface area contributed by atoms with Crippen LogP contribution in [0.5, 0.6) is 0 Å². The van der Waals surface area contributed by atoms with E-state index < -0.39 is 0 Å². The molecule has 1 aliphatic rings. The lowest BCUT2D eigenvalue weighted by Gasteiger charge is -2.26. The number of rotatable bonds is 2. The molecule has 0 saturated carbocycles. The highest BCUT2D eigenvalue weighted by molar-refractivity contribution is 4.71. The molecule has 0 bridgehead atoms. The fourth-order valence-corrected chi connectivity index (χ4v) is 1.64. The molecule has 1 rings (SSSR count). The van der Waals surface area contributed by atoms with E-state index in [-0.39, 0.29) is 0 Å². The van der Waals surface area contributed by atoms with Gasteiger partial charge in [0, 0.05) is 25.7 Å². The summed E-state index contributed by atoms with van der Waals surface area (Å²) in [5.74, 6) is 0. The molecule has 1 fully saturated rings. The highest BCUT2D eigenvalue weighted by Crippen LogP contribution is 2.10. The second kappa shape index (κ2) is 4.83. The topological polar surface area (TPSA) is 12.5 Å². The SMILES string of the molecule is CC[C@@H]1CN(C(C)C)CCCO1. The summed E-state index contributed by atoms with van der Waals surface area (Å²) < 4.78 is 5.69. The summed E-state index contributed by atoms with van der Waals surface area (Å²) in [4.78, 5) is 2.52. The summed E-state index contributed by atoms with van der Waals surface area (Å²) in [6, 6.07) is 0.667. The van der Waals surface area contributed by atoms with Crippen molar-refractivity contribution in [1.29, 1.82) is 0 Å². The Kier molecular flexibility index (Phi) is 4.02. The molecular weight excluding hydrogens is 150 g/mol. The fraction of sp³-hybridized carbons (Fsp3) is 1.00. The Morgan fingerprint density at radius 2 is 2.25 bits per heavy atom. The van der Waals surface area contributed by atoms with Crippen molar-refractivity contribution in [3.05, 3.63) is 0 Å². The van der Waals surface area contributed by atoms with Gasteiger partial charge in [-0.05, 0) is 26.7 Å². The minimum atomic E-state index is 0.467. The summed E-state index contributed by atoms with van der Waals surface area (Å²) in [5.41, 5.74) is 0. The summed E-state index contributed by atoms with van der Waals surface area (Å²) >= 11 is 0. The van der Waals surface area contributed by atoms with E-state index in [1.54, 1.807) is 0 Å². The van der Waals surface area contributed by atoms with Crippen molar-refractivity contribution in [1.82, 2.24) is 4.90 Å². The third-order valence-electron chi connectivity index (χ3n) is 2.57. The van der Waals surface area contributed by atoms with Crippen LogP contribution >= 0.6 is 0 Å². The summed E-state index contributed by atoms with van der Waals surface area (Å²) in [7, 11) is 0. The van der Waals surface area contributed by atoms with Crippen LogP contribution in [0.2, 0.25) is 0 Å². The first-order valence-electron chi connectivity index (χ1n) is 5.09. The normalized spacial score (nSPS) is 27.5. The standard InChI is InChI=1S/C10H21NO/c1-4-10-8-11(9(2)3)6-5-7-12-10/h9-10H,4-8H2,1-3H3/t10-/m1/s1. The molecule has 0 unspecified atom stereocenters. The molecule has 0 aliphatic carbocycles. The van der Waals surface area contributed by atoms with E-state index in [0.29, 0.717) is 12.1 Å². The van der Waals surface area contributed by atoms with Crippen LogP contribution in [0.15, 0.2) is 0 Å². The molecule has 2 nitrogen and oxygen atoms in total. The Balaban J connectivity index is 2.42. The molecule has 1 heterocycles. The van der Waals surface area contributed by atoms with Gasteiger partial charge in [-0.1, -0.05) is 6.92 Å². The Labute approximate surface area is 75.9 Å². The molecule has 0 N–H and O–H groups in total. The Morgan fingerprint density at radius 1 is 1.50 bits per heavy atom. The Bertz CT molecular complexity index is 125. The van der Waals surface area contributed by atoms with Crippen LogP contribution in [0, 0.1) is 0 Å². The predicted molar refractivity (Wildman–Crippen MR) is 51.4 cm³/mol. The maximum absolute atomic E-state index is 5.69. The Morgan fingerprint density at radius 3 is 2.83 bits per heavy atom. The number of hydrogen-bond acceptors (Lipinski definition) is 2. The molecule has 72 valence electrons. The fourth-order valence-electron chi connectivity index (χ4n) is 1.64. The van der Waals surface area contributed by atoms with Crippen LogP contribution < -0.4 is 0 Å². The minimum absolute atomic E-state index is 0.467. The first kappa shape index (κ1) is 10.0. The smallest absolute Gasteiger partial charge is 0.0699 e. The van der Waals surface area contributed by atoms with E-state index >= 15 is 0 Å². The van der Waals surface area contributed by atoms with Crippen molar-refractivity contribution < 1.29 is 4.74 Å². The van der Waals surface area contributed by atoms with E-state index in [2.05, 4.69) is 25.7 Å². The highest BCUT2D eigenvalue weighted by atomic mass is 16.5. The zero-order valence-corrected chi connectivity index (χ0v) is 8.55. The van der Waals surface area contributed by atoms with Gasteiger partial charge >= 0.3 is 0 Å². The second-order valence-electron chi connectivity index (χ2n) is 3.84. The van der Waals surface area contributed by atoms with Gasteiger partial charge in [-0.2, -0.15) is 0 Å². The average Bonchev–Trinajstić information content (AvgIpc) is 2.28. The van der Waals surface area contributed by atoms with Crippen molar-refractivity contribution in [2.75, 3.05) is 19.7 Å². The van der Waals surface area contributed by atoms with Gasteiger partial charge in [-0.15, -0.1) is 0 Å². The molecule has 0 aromatic heterocycles. The number of ether oxygens (including phenoxy) is 1. The minimum Gasteiger partial charge on any atom is -0.377 e. The van der Waals surface area contributed by atoms with Crippen molar-refractivity contribution >= 4 is 0 Å². The molecule has 2 heteroatoms. The predicted octanol–water partition coefficient (Wildman–Crippen LogP) is 1.90. The molecule has 0 aromatic rings. The molecule has 0 amide bonds. The molecule has 0 spiro atoms. The third-order valence-corrected chi connectivity index (χ3v) is 2.57. The van der Waals surface area contributed by atoms with E-state index in [0.717, 1.165) is 19.6 Å². The van der Waals surface area contributed by atoms with Crippen LogP contribution in [-0.2, 0) is 4.74 Å². The van der Waals surface area contributed by atoms with E-state index in [9.17, 15) is 0 Å². The molecule has 0 aromatic carbocycles. The van der Waals surface area contributed by atoms with Crippen LogP contribution in [0.3, 0.4) is 0 Å². The van der Waals surface area contributed by atoms with Crippen LogP contribution in [0.25, 0.3) is 0 Å². The zero-order chi connectivity index (χ0) is 8.97. The number of nitrogens with zero attached hydrogens (tertiary/aromatic N) is 1. The third kappa shape index (κ3) is 2.76. The molecule has 1 aliphatic heterocycles. The zero-order valence-electron chi connectivity index (χ0n) is 8.55. The van der Waals surface area contributed by atoms with Gasteiger partial charge in [-0.3, -0.25) is 4.90 Å². The van der Waals surface area contributed by atoms with Crippen molar-refractivity contribution in [2.24, 2.45) is 0 Å². The van der Waals surface area contributed by atoms with Gasteiger partial charge in [0.2, 0.25) is 0 Å². The van der Waals surface area contributed by atoms with E-state index in [1.165, 1.54) is 13.0 Å². The molecular formula is C10H21NO. The van der Waals surface area contributed by atoms with Crippen molar-refractivity contribution in [3.8, 4) is 0 Å². The lowest BCUT2D eigenvalue weighted by atomic mass is 10.2. The van der Waals surface area contributed by atoms with Crippen molar-refractivity contribution in [2.45, 2.75) is 45.8 Å². The summed E-state index contributed by atoms with van der Waals surface area (Å²) in [5, 5.41) is 0. The second-order valence-corrected chi connectivity index (χ2v) is 3.84. The number of hydrogen-bond donors (Lipinski definition) is 0. The van der Waals surface area contributed by atoms with Crippen LogP contribution in [0.4, 0.5) is 0 Å². The quantitative estimate of drug-likeness (QED) is 0.629. The first-order chi connectivity index (χ1) is 5.74. The van der Waals surface area contributed by atoms with Gasteiger partial charge < -0.3 is 4.74 Å².